The highest BCUT2D eigenvalue weighted by Gasteiger charge is 2.31. The number of nitrogens with one attached hydrogen (secondary N) is 2. The van der Waals surface area contributed by atoms with E-state index in [4.69, 9.17) is 4.52 Å². The summed E-state index contributed by atoms with van der Waals surface area (Å²) >= 11 is 1.33. The van der Waals surface area contributed by atoms with Gasteiger partial charge in [0.1, 0.15) is 11.6 Å². The van der Waals surface area contributed by atoms with Gasteiger partial charge in [-0.2, -0.15) is 5.10 Å². The topological polar surface area (TPSA) is 117 Å². The maximum Gasteiger partial charge on any atom is 0.238 e. The molecule has 156 valence electrons. The summed E-state index contributed by atoms with van der Waals surface area (Å²) in [6.07, 6.45) is 4.15. The summed E-state index contributed by atoms with van der Waals surface area (Å²) in [5.41, 5.74) is 0. The van der Waals surface area contributed by atoms with Crippen LogP contribution in [0.3, 0.4) is 0 Å². The molecule has 0 aromatic carbocycles. The second-order valence-corrected chi connectivity index (χ2v) is 9.10. The molecular weight excluding hydrogens is 392 g/mol. The summed E-state index contributed by atoms with van der Waals surface area (Å²) in [5, 5.41) is 13.5. The quantitative estimate of drug-likeness (QED) is 0.709. The second kappa shape index (κ2) is 8.56. The Balaban J connectivity index is 1.19. The number of hydrogen-bond acceptors (Lipinski definition) is 7. The van der Waals surface area contributed by atoms with Gasteiger partial charge in [0.2, 0.25) is 11.8 Å². The molecule has 2 aliphatic rings. The minimum Gasteiger partial charge on any atom is -0.360 e. The van der Waals surface area contributed by atoms with Gasteiger partial charge in [0.05, 0.1) is 11.0 Å². The van der Waals surface area contributed by atoms with Crippen LogP contribution in [0.1, 0.15) is 61.9 Å². The molecule has 2 fully saturated rings. The van der Waals surface area contributed by atoms with Gasteiger partial charge in [-0.15, -0.1) is 11.8 Å². The van der Waals surface area contributed by atoms with Crippen molar-refractivity contribution in [1.82, 2.24) is 25.2 Å². The maximum atomic E-state index is 12.5. The van der Waals surface area contributed by atoms with Gasteiger partial charge >= 0.3 is 0 Å². The van der Waals surface area contributed by atoms with Gasteiger partial charge < -0.3 is 14.7 Å². The van der Waals surface area contributed by atoms with Gasteiger partial charge in [-0.05, 0) is 39.5 Å². The van der Waals surface area contributed by atoms with Crippen molar-refractivity contribution in [3.8, 4) is 0 Å². The summed E-state index contributed by atoms with van der Waals surface area (Å²) < 4.78 is 4.94. The minimum atomic E-state index is -0.358. The van der Waals surface area contributed by atoms with Crippen molar-refractivity contribution < 1.29 is 14.1 Å². The number of aromatic nitrogens is 4. The highest BCUT2D eigenvalue weighted by Crippen LogP contribution is 2.38. The highest BCUT2D eigenvalue weighted by atomic mass is 32.2. The van der Waals surface area contributed by atoms with Crippen LogP contribution in [0, 0.1) is 6.92 Å². The standard InChI is InChI=1S/C19H26N6O3S/c1-11-9-15(24-28-11)20-19(27)12(2)29-10-16(26)25-7-5-14(6-8-25)18-21-17(22-23-18)13-3-4-13/h9,12-14H,3-8,10H2,1-2H3,(H,20,24,27)(H,21,22,23)/t12-/m0/s1. The maximum absolute atomic E-state index is 12.5. The Morgan fingerprint density at radius 2 is 2.07 bits per heavy atom. The van der Waals surface area contributed by atoms with E-state index in [1.54, 1.807) is 19.9 Å². The smallest absolute Gasteiger partial charge is 0.238 e. The van der Waals surface area contributed by atoms with E-state index >= 15 is 0 Å². The van der Waals surface area contributed by atoms with E-state index in [-0.39, 0.29) is 22.8 Å². The Kier molecular flexibility index (Phi) is 5.89. The summed E-state index contributed by atoms with van der Waals surface area (Å²) in [6, 6.07) is 1.66. The molecule has 2 aromatic rings. The molecule has 0 unspecified atom stereocenters. The molecule has 1 saturated heterocycles. The number of carbonyl (C=O) groups is 2. The number of carbonyl (C=O) groups excluding carboxylic acids is 2. The molecule has 9 nitrogen and oxygen atoms in total. The van der Waals surface area contributed by atoms with Crippen molar-refractivity contribution in [3.63, 3.8) is 0 Å². The predicted octanol–water partition coefficient (Wildman–Crippen LogP) is 2.44. The Hall–Kier alpha value is -2.36. The molecule has 0 bridgehead atoms. The summed E-state index contributed by atoms with van der Waals surface area (Å²) in [4.78, 5) is 31.3. The van der Waals surface area contributed by atoms with Crippen molar-refractivity contribution in [2.24, 2.45) is 0 Å². The van der Waals surface area contributed by atoms with E-state index in [1.807, 2.05) is 4.90 Å². The fraction of sp³-hybridized carbons (Fsp3) is 0.632. The van der Waals surface area contributed by atoms with Crippen LogP contribution < -0.4 is 5.32 Å². The number of anilines is 1. The number of amides is 2. The number of aromatic amines is 1. The largest absolute Gasteiger partial charge is 0.360 e. The molecule has 1 aliphatic carbocycles. The first-order valence-electron chi connectivity index (χ1n) is 10.1. The predicted molar refractivity (Wildman–Crippen MR) is 109 cm³/mol. The first-order chi connectivity index (χ1) is 14.0. The molecule has 1 saturated carbocycles. The molecule has 29 heavy (non-hydrogen) atoms. The van der Waals surface area contributed by atoms with Crippen LogP contribution >= 0.6 is 11.8 Å². The van der Waals surface area contributed by atoms with Crippen molar-refractivity contribution >= 4 is 29.4 Å². The first-order valence-corrected chi connectivity index (χ1v) is 11.1. The number of aryl methyl sites for hydroxylation is 1. The van der Waals surface area contributed by atoms with Crippen LogP contribution in [0.5, 0.6) is 0 Å². The zero-order chi connectivity index (χ0) is 20.4. The number of hydrogen-bond donors (Lipinski definition) is 2. The van der Waals surface area contributed by atoms with Crippen LogP contribution in [0.2, 0.25) is 0 Å². The number of thioether (sulfide) groups is 1. The van der Waals surface area contributed by atoms with E-state index in [9.17, 15) is 9.59 Å². The third-order valence-corrected chi connectivity index (χ3v) is 6.53. The van der Waals surface area contributed by atoms with Crippen LogP contribution in [0.4, 0.5) is 5.82 Å². The van der Waals surface area contributed by atoms with Crippen LogP contribution in [-0.2, 0) is 9.59 Å². The van der Waals surface area contributed by atoms with Crippen LogP contribution in [0.25, 0.3) is 0 Å². The number of likely N-dealkylation sites (tertiary alicyclic amines) is 1. The normalized spacial score (nSPS) is 18.6. The molecule has 4 rings (SSSR count). The summed E-state index contributed by atoms with van der Waals surface area (Å²) in [7, 11) is 0. The Labute approximate surface area is 173 Å². The average Bonchev–Trinajstić information content (AvgIpc) is 3.31. The number of rotatable bonds is 7. The van der Waals surface area contributed by atoms with Crippen molar-refractivity contribution in [2.75, 3.05) is 24.2 Å². The monoisotopic (exact) mass is 418 g/mol. The van der Waals surface area contributed by atoms with Crippen molar-refractivity contribution in [2.45, 2.75) is 56.6 Å². The minimum absolute atomic E-state index is 0.0709. The van der Waals surface area contributed by atoms with Gasteiger partial charge in [-0.1, -0.05) is 5.16 Å². The molecule has 2 N–H and O–H groups in total. The number of nitrogens with zero attached hydrogens (tertiary/aromatic N) is 4. The van der Waals surface area contributed by atoms with Crippen LogP contribution in [-0.4, -0.2) is 61.1 Å². The van der Waals surface area contributed by atoms with E-state index in [0.29, 0.717) is 36.5 Å². The molecule has 0 spiro atoms. The average molecular weight is 419 g/mol. The lowest BCUT2D eigenvalue weighted by molar-refractivity contribution is -0.129. The van der Waals surface area contributed by atoms with Gasteiger partial charge in [0.25, 0.3) is 0 Å². The van der Waals surface area contributed by atoms with Crippen molar-refractivity contribution in [3.05, 3.63) is 23.5 Å². The molecule has 3 heterocycles. The number of H-pyrrole nitrogens is 1. The molecule has 0 radical (unpaired) electrons. The SMILES string of the molecule is Cc1cc(NC(=O)[C@H](C)SCC(=O)N2CCC(c3nc(C4CC4)n[nH]3)CC2)no1. The molecule has 10 heteroatoms. The number of piperidine rings is 1. The summed E-state index contributed by atoms with van der Waals surface area (Å²) in [6.45, 7) is 4.97. The third kappa shape index (κ3) is 4.98. The molecular formula is C19H26N6O3S. The first kappa shape index (κ1) is 19.9. The van der Waals surface area contributed by atoms with E-state index in [2.05, 4.69) is 25.7 Å². The lowest BCUT2D eigenvalue weighted by atomic mass is 9.96. The fourth-order valence-electron chi connectivity index (χ4n) is 3.41. The van der Waals surface area contributed by atoms with E-state index in [0.717, 1.165) is 24.5 Å². The fourth-order valence-corrected chi connectivity index (χ4v) is 4.20. The van der Waals surface area contributed by atoms with E-state index in [1.165, 1.54) is 24.6 Å². The second-order valence-electron chi connectivity index (χ2n) is 7.77. The van der Waals surface area contributed by atoms with Gasteiger partial charge in [0, 0.05) is 31.0 Å². The van der Waals surface area contributed by atoms with E-state index < -0.39 is 0 Å². The lowest BCUT2D eigenvalue weighted by Gasteiger charge is -2.31. The third-order valence-electron chi connectivity index (χ3n) is 5.40. The van der Waals surface area contributed by atoms with Crippen LogP contribution in [0.15, 0.2) is 10.6 Å². The molecule has 2 amide bonds. The molecule has 1 atom stereocenters. The van der Waals surface area contributed by atoms with Gasteiger partial charge in [-0.25, -0.2) is 4.98 Å². The van der Waals surface area contributed by atoms with Crippen molar-refractivity contribution in [1.29, 1.82) is 0 Å². The van der Waals surface area contributed by atoms with Gasteiger partial charge in [-0.3, -0.25) is 14.7 Å². The highest BCUT2D eigenvalue weighted by molar-refractivity contribution is 8.01. The Morgan fingerprint density at radius 3 is 2.72 bits per heavy atom. The Bertz CT molecular complexity index is 869. The molecule has 2 aromatic heterocycles. The zero-order valence-electron chi connectivity index (χ0n) is 16.7. The summed E-state index contributed by atoms with van der Waals surface area (Å²) in [5.74, 6) is 3.98. The lowest BCUT2D eigenvalue weighted by Crippen LogP contribution is -2.39. The van der Waals surface area contributed by atoms with Gasteiger partial charge in [0.15, 0.2) is 11.6 Å². The Morgan fingerprint density at radius 1 is 1.31 bits per heavy atom. The molecule has 1 aliphatic heterocycles. The zero-order valence-corrected chi connectivity index (χ0v) is 17.5.